The van der Waals surface area contributed by atoms with Gasteiger partial charge in [0.15, 0.2) is 0 Å². The molecule has 0 bridgehead atoms. The molecular weight excluding hydrogens is 252 g/mol. The number of unbranched alkanes of at least 4 members (excludes halogenated alkanes) is 1. The van der Waals surface area contributed by atoms with E-state index in [1.165, 1.54) is 6.92 Å². The van der Waals surface area contributed by atoms with Crippen LogP contribution in [0.5, 0.6) is 0 Å². The molecular formula is C16H22N2O2. The second-order valence-electron chi connectivity index (χ2n) is 4.76. The number of amides is 2. The second kappa shape index (κ2) is 8.15. The number of aryl methyl sites for hydroxylation is 1. The summed E-state index contributed by atoms with van der Waals surface area (Å²) < 4.78 is 0. The number of carbonyl (C=O) groups excluding carboxylic acids is 2. The van der Waals surface area contributed by atoms with Crippen molar-refractivity contribution in [2.24, 2.45) is 0 Å². The highest BCUT2D eigenvalue weighted by molar-refractivity contribution is 6.00. The minimum Gasteiger partial charge on any atom is -0.351 e. The predicted molar refractivity (Wildman–Crippen MR) is 80.9 cm³/mol. The average molecular weight is 274 g/mol. The fourth-order valence-electron chi connectivity index (χ4n) is 1.65. The molecule has 1 aromatic rings. The summed E-state index contributed by atoms with van der Waals surface area (Å²) in [6.45, 7) is 6.06. The molecule has 0 aliphatic heterocycles. The Morgan fingerprint density at radius 2 is 1.85 bits per heavy atom. The fourth-order valence-corrected chi connectivity index (χ4v) is 1.65. The van der Waals surface area contributed by atoms with Crippen molar-refractivity contribution >= 4 is 17.9 Å². The first-order chi connectivity index (χ1) is 9.52. The average Bonchev–Trinajstić information content (AvgIpc) is 2.40. The quantitative estimate of drug-likeness (QED) is 0.618. The van der Waals surface area contributed by atoms with Crippen LogP contribution in [0, 0.1) is 6.92 Å². The molecule has 1 aromatic carbocycles. The molecule has 0 atom stereocenters. The van der Waals surface area contributed by atoms with E-state index in [0.29, 0.717) is 6.54 Å². The van der Waals surface area contributed by atoms with E-state index >= 15 is 0 Å². The van der Waals surface area contributed by atoms with E-state index in [9.17, 15) is 9.59 Å². The topological polar surface area (TPSA) is 58.2 Å². The highest BCUT2D eigenvalue weighted by Gasteiger charge is 2.10. The number of hydrogen-bond donors (Lipinski definition) is 2. The van der Waals surface area contributed by atoms with Gasteiger partial charge in [-0.3, -0.25) is 9.59 Å². The van der Waals surface area contributed by atoms with Gasteiger partial charge >= 0.3 is 0 Å². The Labute approximate surface area is 120 Å². The lowest BCUT2D eigenvalue weighted by molar-refractivity contribution is -0.122. The highest BCUT2D eigenvalue weighted by atomic mass is 16.2. The van der Waals surface area contributed by atoms with E-state index in [1.54, 1.807) is 6.08 Å². The van der Waals surface area contributed by atoms with Gasteiger partial charge in [-0.05, 0) is 25.0 Å². The van der Waals surface area contributed by atoms with E-state index in [0.717, 1.165) is 24.0 Å². The first kappa shape index (κ1) is 16.0. The Morgan fingerprint density at radius 1 is 1.20 bits per heavy atom. The van der Waals surface area contributed by atoms with Crippen LogP contribution in [-0.4, -0.2) is 18.4 Å². The summed E-state index contributed by atoms with van der Waals surface area (Å²) in [4.78, 5) is 23.2. The zero-order chi connectivity index (χ0) is 15.0. The summed E-state index contributed by atoms with van der Waals surface area (Å²) in [5, 5.41) is 5.38. The Morgan fingerprint density at radius 3 is 2.40 bits per heavy atom. The Hall–Kier alpha value is -2.10. The molecule has 4 nitrogen and oxygen atoms in total. The van der Waals surface area contributed by atoms with E-state index in [4.69, 9.17) is 0 Å². The second-order valence-corrected chi connectivity index (χ2v) is 4.76. The summed E-state index contributed by atoms with van der Waals surface area (Å²) in [5.41, 5.74) is 2.30. The molecule has 0 unspecified atom stereocenters. The van der Waals surface area contributed by atoms with Crippen molar-refractivity contribution < 1.29 is 9.59 Å². The molecule has 0 heterocycles. The van der Waals surface area contributed by atoms with E-state index < -0.39 is 0 Å². The van der Waals surface area contributed by atoms with E-state index in [1.807, 2.05) is 31.2 Å². The number of rotatable bonds is 6. The summed E-state index contributed by atoms with van der Waals surface area (Å²) >= 11 is 0. The summed E-state index contributed by atoms with van der Waals surface area (Å²) in [5.74, 6) is -0.511. The van der Waals surface area contributed by atoms with Crippen molar-refractivity contribution in [2.45, 2.75) is 33.6 Å². The number of hydrogen-bond acceptors (Lipinski definition) is 2. The maximum absolute atomic E-state index is 12.0. The first-order valence-corrected chi connectivity index (χ1v) is 6.87. The van der Waals surface area contributed by atoms with Gasteiger partial charge < -0.3 is 10.6 Å². The molecule has 0 aliphatic rings. The standard InChI is InChI=1S/C16H22N2O2/c1-4-5-10-17-16(20)15(18-13(3)19)11-14-8-6-12(2)7-9-14/h6-9,11H,4-5,10H2,1-3H3,(H,17,20)(H,18,19)/b15-11-. The minimum atomic E-state index is -0.256. The third kappa shape index (κ3) is 5.69. The highest BCUT2D eigenvalue weighted by Crippen LogP contribution is 2.07. The van der Waals surface area contributed by atoms with Crippen molar-refractivity contribution in [3.8, 4) is 0 Å². The monoisotopic (exact) mass is 274 g/mol. The van der Waals surface area contributed by atoms with Crippen molar-refractivity contribution in [1.29, 1.82) is 0 Å². The lowest BCUT2D eigenvalue weighted by atomic mass is 10.1. The predicted octanol–water partition coefficient (Wildman–Crippen LogP) is 2.39. The molecule has 0 saturated heterocycles. The van der Waals surface area contributed by atoms with Gasteiger partial charge in [-0.25, -0.2) is 0 Å². The maximum atomic E-state index is 12.0. The SMILES string of the molecule is CCCCNC(=O)/C(=C/c1ccc(C)cc1)NC(C)=O. The van der Waals surface area contributed by atoms with Crippen LogP contribution in [0.3, 0.4) is 0 Å². The normalized spacial score (nSPS) is 11.1. The van der Waals surface area contributed by atoms with Crippen LogP contribution in [0.25, 0.3) is 6.08 Å². The van der Waals surface area contributed by atoms with Crippen molar-refractivity contribution in [3.05, 3.63) is 41.1 Å². The Bertz CT molecular complexity index is 490. The molecule has 0 aliphatic carbocycles. The van der Waals surface area contributed by atoms with Gasteiger partial charge in [-0.15, -0.1) is 0 Å². The van der Waals surface area contributed by atoms with Gasteiger partial charge in [0.2, 0.25) is 5.91 Å². The third-order valence-corrected chi connectivity index (χ3v) is 2.76. The zero-order valence-corrected chi connectivity index (χ0v) is 12.3. The molecule has 20 heavy (non-hydrogen) atoms. The molecule has 4 heteroatoms. The lowest BCUT2D eigenvalue weighted by Crippen LogP contribution is -2.34. The van der Waals surface area contributed by atoms with Gasteiger partial charge in [0.1, 0.15) is 5.70 Å². The van der Waals surface area contributed by atoms with Crippen LogP contribution in [0.15, 0.2) is 30.0 Å². The van der Waals surface area contributed by atoms with Crippen LogP contribution in [0.2, 0.25) is 0 Å². The van der Waals surface area contributed by atoms with Gasteiger partial charge in [0.25, 0.3) is 5.91 Å². The largest absolute Gasteiger partial charge is 0.351 e. The Balaban J connectivity index is 2.84. The first-order valence-electron chi connectivity index (χ1n) is 6.87. The molecule has 0 saturated carbocycles. The maximum Gasteiger partial charge on any atom is 0.267 e. The van der Waals surface area contributed by atoms with Gasteiger partial charge in [0, 0.05) is 13.5 Å². The van der Waals surface area contributed by atoms with Crippen LogP contribution >= 0.6 is 0 Å². The van der Waals surface area contributed by atoms with Crippen LogP contribution in [0.1, 0.15) is 37.8 Å². The molecule has 0 spiro atoms. The molecule has 0 fully saturated rings. The van der Waals surface area contributed by atoms with Gasteiger partial charge in [-0.1, -0.05) is 43.2 Å². The molecule has 1 rings (SSSR count). The third-order valence-electron chi connectivity index (χ3n) is 2.76. The van der Waals surface area contributed by atoms with Gasteiger partial charge in [-0.2, -0.15) is 0 Å². The van der Waals surface area contributed by atoms with Crippen LogP contribution in [-0.2, 0) is 9.59 Å². The summed E-state index contributed by atoms with van der Waals surface area (Å²) in [7, 11) is 0. The molecule has 0 radical (unpaired) electrons. The summed E-state index contributed by atoms with van der Waals surface area (Å²) in [6.07, 6.45) is 3.61. The number of nitrogens with one attached hydrogen (secondary N) is 2. The molecule has 2 N–H and O–H groups in total. The van der Waals surface area contributed by atoms with Crippen molar-refractivity contribution in [3.63, 3.8) is 0 Å². The molecule has 0 aromatic heterocycles. The summed E-state index contributed by atoms with van der Waals surface area (Å²) in [6, 6.07) is 7.76. The molecule has 2 amide bonds. The van der Waals surface area contributed by atoms with E-state index in [-0.39, 0.29) is 17.5 Å². The van der Waals surface area contributed by atoms with Crippen molar-refractivity contribution in [2.75, 3.05) is 6.54 Å². The number of benzene rings is 1. The van der Waals surface area contributed by atoms with E-state index in [2.05, 4.69) is 17.6 Å². The minimum absolute atomic E-state index is 0.255. The van der Waals surface area contributed by atoms with Crippen LogP contribution < -0.4 is 10.6 Å². The fraction of sp³-hybridized carbons (Fsp3) is 0.375. The number of carbonyl (C=O) groups is 2. The smallest absolute Gasteiger partial charge is 0.267 e. The van der Waals surface area contributed by atoms with Crippen LogP contribution in [0.4, 0.5) is 0 Å². The Kier molecular flexibility index (Phi) is 6.50. The molecule has 108 valence electrons. The lowest BCUT2D eigenvalue weighted by Gasteiger charge is -2.09. The van der Waals surface area contributed by atoms with Crippen molar-refractivity contribution in [1.82, 2.24) is 10.6 Å². The zero-order valence-electron chi connectivity index (χ0n) is 12.3. The van der Waals surface area contributed by atoms with Gasteiger partial charge in [0.05, 0.1) is 0 Å².